The molecule has 16 heavy (non-hydrogen) atoms. The van der Waals surface area contributed by atoms with Crippen LogP contribution in [0, 0.1) is 0 Å². The van der Waals surface area contributed by atoms with Crippen LogP contribution in [0.15, 0.2) is 24.3 Å². The predicted molar refractivity (Wildman–Crippen MR) is 67.9 cm³/mol. The molecule has 1 atom stereocenters. The molecule has 1 saturated heterocycles. The maximum absolute atomic E-state index is 9.95. The molecule has 2 heteroatoms. The molecule has 1 fully saturated rings. The molecule has 2 rings (SSSR count). The fraction of sp³-hybridized carbons (Fsp3) is 0.571. The van der Waals surface area contributed by atoms with Gasteiger partial charge < -0.3 is 10.0 Å². The Morgan fingerprint density at radius 2 is 1.94 bits per heavy atom. The first kappa shape index (κ1) is 11.5. The van der Waals surface area contributed by atoms with Crippen LogP contribution in [-0.2, 0) is 6.42 Å². The molecule has 2 nitrogen and oxygen atoms in total. The molecular weight excluding hydrogens is 198 g/mol. The topological polar surface area (TPSA) is 23.5 Å². The zero-order chi connectivity index (χ0) is 11.8. The average Bonchev–Trinajstić information content (AvgIpc) is 2.54. The van der Waals surface area contributed by atoms with E-state index in [9.17, 15) is 5.11 Å². The summed E-state index contributed by atoms with van der Waals surface area (Å²) in [6, 6.07) is 8.68. The third-order valence-electron chi connectivity index (χ3n) is 3.79. The van der Waals surface area contributed by atoms with Crippen molar-refractivity contribution in [2.45, 2.75) is 45.3 Å². The van der Waals surface area contributed by atoms with Gasteiger partial charge in [-0.1, -0.05) is 19.1 Å². The van der Waals surface area contributed by atoms with E-state index in [0.717, 1.165) is 19.4 Å². The molecule has 1 aromatic carbocycles. The van der Waals surface area contributed by atoms with Crippen LogP contribution in [0.25, 0.3) is 0 Å². The van der Waals surface area contributed by atoms with E-state index in [2.05, 4.69) is 49.9 Å². The first-order valence-electron chi connectivity index (χ1n) is 6.10. The van der Waals surface area contributed by atoms with E-state index in [4.69, 9.17) is 0 Å². The van der Waals surface area contributed by atoms with E-state index < -0.39 is 0 Å². The van der Waals surface area contributed by atoms with Gasteiger partial charge in [0.05, 0.1) is 11.6 Å². The third-order valence-corrected chi connectivity index (χ3v) is 3.79. The lowest BCUT2D eigenvalue weighted by molar-refractivity contribution is 0.127. The fourth-order valence-corrected chi connectivity index (χ4v) is 2.45. The van der Waals surface area contributed by atoms with Gasteiger partial charge >= 0.3 is 0 Å². The third kappa shape index (κ3) is 1.82. The summed E-state index contributed by atoms with van der Waals surface area (Å²) in [6.45, 7) is 7.33. The number of aryl methyl sites for hydroxylation is 1. The average molecular weight is 219 g/mol. The van der Waals surface area contributed by atoms with Gasteiger partial charge in [-0.05, 0) is 44.4 Å². The predicted octanol–water partition coefficient (Wildman–Crippen LogP) is 2.60. The molecule has 0 bridgehead atoms. The molecule has 88 valence electrons. The number of aliphatic hydroxyl groups excluding tert-OH is 1. The van der Waals surface area contributed by atoms with Crippen LogP contribution < -0.4 is 4.90 Å². The van der Waals surface area contributed by atoms with E-state index in [1.165, 1.54) is 11.3 Å². The highest BCUT2D eigenvalue weighted by Gasteiger charge is 2.40. The van der Waals surface area contributed by atoms with Crippen LogP contribution in [0.2, 0.25) is 0 Å². The van der Waals surface area contributed by atoms with Gasteiger partial charge in [-0.3, -0.25) is 0 Å². The molecule has 1 aliphatic rings. The highest BCUT2D eigenvalue weighted by atomic mass is 16.3. The van der Waals surface area contributed by atoms with Gasteiger partial charge in [0.15, 0.2) is 0 Å². The summed E-state index contributed by atoms with van der Waals surface area (Å²) in [7, 11) is 0. The molecule has 0 amide bonds. The number of aliphatic hydroxyl groups is 1. The molecule has 0 aromatic heterocycles. The van der Waals surface area contributed by atoms with Gasteiger partial charge in [0.2, 0.25) is 0 Å². The Bertz CT molecular complexity index is 356. The van der Waals surface area contributed by atoms with Gasteiger partial charge in [0.1, 0.15) is 0 Å². The van der Waals surface area contributed by atoms with Crippen LogP contribution in [-0.4, -0.2) is 23.3 Å². The summed E-state index contributed by atoms with van der Waals surface area (Å²) in [4.78, 5) is 2.30. The number of rotatable bonds is 2. The van der Waals surface area contributed by atoms with Crippen molar-refractivity contribution in [3.63, 3.8) is 0 Å². The molecule has 0 saturated carbocycles. The van der Waals surface area contributed by atoms with Crippen LogP contribution in [0.1, 0.15) is 32.8 Å². The van der Waals surface area contributed by atoms with Gasteiger partial charge in [-0.15, -0.1) is 0 Å². The Labute approximate surface area is 97.9 Å². The van der Waals surface area contributed by atoms with Gasteiger partial charge in [0, 0.05) is 12.2 Å². The monoisotopic (exact) mass is 219 g/mol. The first-order chi connectivity index (χ1) is 7.55. The lowest BCUT2D eigenvalue weighted by Gasteiger charge is -2.35. The highest BCUT2D eigenvalue weighted by Crippen LogP contribution is 2.33. The molecule has 1 heterocycles. The van der Waals surface area contributed by atoms with E-state index >= 15 is 0 Å². The minimum Gasteiger partial charge on any atom is -0.391 e. The molecule has 1 aromatic rings. The lowest BCUT2D eigenvalue weighted by Crippen LogP contribution is -2.45. The molecular formula is C14H21NO. The van der Waals surface area contributed by atoms with Crippen molar-refractivity contribution >= 4 is 5.69 Å². The summed E-state index contributed by atoms with van der Waals surface area (Å²) in [5.74, 6) is 0. The second kappa shape index (κ2) is 4.10. The lowest BCUT2D eigenvalue weighted by atomic mass is 9.98. The molecule has 1 aliphatic heterocycles. The minimum atomic E-state index is -0.224. The second-order valence-electron chi connectivity index (χ2n) is 5.13. The highest BCUT2D eigenvalue weighted by molar-refractivity contribution is 5.51. The summed E-state index contributed by atoms with van der Waals surface area (Å²) >= 11 is 0. The van der Waals surface area contributed by atoms with Crippen molar-refractivity contribution in [1.82, 2.24) is 0 Å². The van der Waals surface area contributed by atoms with Gasteiger partial charge in [-0.25, -0.2) is 0 Å². The number of anilines is 1. The SMILES string of the molecule is CCc1ccc(N2CCC(O)C2(C)C)cc1. The Hall–Kier alpha value is -1.02. The minimum absolute atomic E-state index is 0.145. The zero-order valence-electron chi connectivity index (χ0n) is 10.4. The summed E-state index contributed by atoms with van der Waals surface area (Å²) in [5, 5.41) is 9.95. The molecule has 0 spiro atoms. The van der Waals surface area contributed by atoms with Crippen LogP contribution in [0.4, 0.5) is 5.69 Å². The Morgan fingerprint density at radius 3 is 2.38 bits per heavy atom. The van der Waals surface area contributed by atoms with Crippen LogP contribution in [0.5, 0.6) is 0 Å². The number of hydrogen-bond acceptors (Lipinski definition) is 2. The van der Waals surface area contributed by atoms with Crippen molar-refractivity contribution in [3.05, 3.63) is 29.8 Å². The summed E-state index contributed by atoms with van der Waals surface area (Å²) in [5.41, 5.74) is 2.44. The van der Waals surface area contributed by atoms with Gasteiger partial charge in [-0.2, -0.15) is 0 Å². The van der Waals surface area contributed by atoms with Crippen molar-refractivity contribution in [3.8, 4) is 0 Å². The number of benzene rings is 1. The standard InChI is InChI=1S/C14H21NO/c1-4-11-5-7-12(8-6-11)15-10-9-13(16)14(15,2)3/h5-8,13,16H,4,9-10H2,1-3H3. The van der Waals surface area contributed by atoms with E-state index in [1.807, 2.05) is 0 Å². The van der Waals surface area contributed by atoms with E-state index in [1.54, 1.807) is 0 Å². The Balaban J connectivity index is 2.24. The molecule has 1 N–H and O–H groups in total. The summed E-state index contributed by atoms with van der Waals surface area (Å²) < 4.78 is 0. The Kier molecular flexibility index (Phi) is 2.94. The zero-order valence-corrected chi connectivity index (χ0v) is 10.4. The smallest absolute Gasteiger partial charge is 0.0783 e. The maximum atomic E-state index is 9.95. The normalized spacial score (nSPS) is 23.8. The van der Waals surface area contributed by atoms with E-state index in [0.29, 0.717) is 0 Å². The number of nitrogens with zero attached hydrogens (tertiary/aromatic N) is 1. The Morgan fingerprint density at radius 1 is 1.31 bits per heavy atom. The number of hydrogen-bond donors (Lipinski definition) is 1. The van der Waals surface area contributed by atoms with Crippen LogP contribution >= 0.6 is 0 Å². The largest absolute Gasteiger partial charge is 0.391 e. The maximum Gasteiger partial charge on any atom is 0.0783 e. The van der Waals surface area contributed by atoms with Crippen molar-refractivity contribution in [2.75, 3.05) is 11.4 Å². The first-order valence-corrected chi connectivity index (χ1v) is 6.10. The van der Waals surface area contributed by atoms with Crippen molar-refractivity contribution in [2.24, 2.45) is 0 Å². The quantitative estimate of drug-likeness (QED) is 0.826. The van der Waals surface area contributed by atoms with Crippen molar-refractivity contribution in [1.29, 1.82) is 0 Å². The summed E-state index contributed by atoms with van der Waals surface area (Å²) in [6.07, 6.45) is 1.72. The molecule has 0 aliphatic carbocycles. The van der Waals surface area contributed by atoms with E-state index in [-0.39, 0.29) is 11.6 Å². The van der Waals surface area contributed by atoms with Gasteiger partial charge in [0.25, 0.3) is 0 Å². The fourth-order valence-electron chi connectivity index (χ4n) is 2.45. The van der Waals surface area contributed by atoms with Crippen molar-refractivity contribution < 1.29 is 5.11 Å². The van der Waals surface area contributed by atoms with Crippen LogP contribution in [0.3, 0.4) is 0 Å². The molecule has 0 radical (unpaired) electrons. The second-order valence-corrected chi connectivity index (χ2v) is 5.13. The molecule has 1 unspecified atom stereocenters.